The number of anilines is 1. The molecular formula is C24H31N3O2. The molecule has 0 radical (unpaired) electrons. The average Bonchev–Trinajstić information content (AvgIpc) is 2.69. The first-order chi connectivity index (χ1) is 13.8. The Morgan fingerprint density at radius 3 is 2.38 bits per heavy atom. The molecule has 5 heteroatoms. The Hall–Kier alpha value is -2.66. The highest BCUT2D eigenvalue weighted by Gasteiger charge is 2.27. The maximum atomic E-state index is 13.0. The Bertz CT molecular complexity index is 899. The number of aryl methyl sites for hydroxylation is 3. The summed E-state index contributed by atoms with van der Waals surface area (Å²) in [6, 6.07) is 12.0. The monoisotopic (exact) mass is 393 g/mol. The van der Waals surface area contributed by atoms with Gasteiger partial charge in [-0.3, -0.25) is 14.5 Å². The van der Waals surface area contributed by atoms with Crippen LogP contribution in [0.3, 0.4) is 0 Å². The number of fused-ring (bicyclic) bond motifs is 1. The smallest absolute Gasteiger partial charge is 0.239 e. The summed E-state index contributed by atoms with van der Waals surface area (Å²) in [4.78, 5) is 29.3. The number of hydrogen-bond acceptors (Lipinski definition) is 3. The maximum Gasteiger partial charge on any atom is 0.239 e. The van der Waals surface area contributed by atoms with Crippen molar-refractivity contribution in [2.75, 3.05) is 25.5 Å². The number of amides is 2. The van der Waals surface area contributed by atoms with E-state index in [2.05, 4.69) is 29.6 Å². The van der Waals surface area contributed by atoms with E-state index in [0.29, 0.717) is 6.54 Å². The van der Waals surface area contributed by atoms with Crippen LogP contribution in [0.2, 0.25) is 0 Å². The Morgan fingerprint density at radius 1 is 1.10 bits per heavy atom. The number of nitrogens with zero attached hydrogens (tertiary/aromatic N) is 2. The van der Waals surface area contributed by atoms with Gasteiger partial charge < -0.3 is 10.2 Å². The molecule has 2 aromatic rings. The van der Waals surface area contributed by atoms with Crippen molar-refractivity contribution >= 4 is 17.5 Å². The largest absolute Gasteiger partial charge is 0.337 e. The number of benzene rings is 2. The number of nitrogens with one attached hydrogen (secondary N) is 1. The second-order valence-corrected chi connectivity index (χ2v) is 8.19. The minimum Gasteiger partial charge on any atom is -0.337 e. The van der Waals surface area contributed by atoms with Crippen LogP contribution in [0.25, 0.3) is 0 Å². The van der Waals surface area contributed by atoms with Crippen LogP contribution in [0.15, 0.2) is 36.4 Å². The quantitative estimate of drug-likeness (QED) is 0.846. The summed E-state index contributed by atoms with van der Waals surface area (Å²) in [5.74, 6) is -0.0382. The molecule has 0 saturated heterocycles. The molecule has 1 heterocycles. The van der Waals surface area contributed by atoms with Gasteiger partial charge in [-0.2, -0.15) is 0 Å². The second kappa shape index (κ2) is 8.78. The van der Waals surface area contributed by atoms with Crippen LogP contribution in [0.5, 0.6) is 0 Å². The number of rotatable bonds is 5. The van der Waals surface area contributed by atoms with E-state index in [9.17, 15) is 9.59 Å². The fourth-order valence-electron chi connectivity index (χ4n) is 4.06. The lowest BCUT2D eigenvalue weighted by molar-refractivity contribution is -0.137. The molecule has 1 aliphatic rings. The first-order valence-corrected chi connectivity index (χ1v) is 10.2. The van der Waals surface area contributed by atoms with Gasteiger partial charge in [0.15, 0.2) is 0 Å². The first kappa shape index (κ1) is 21.1. The van der Waals surface area contributed by atoms with Crippen molar-refractivity contribution in [3.05, 3.63) is 64.2 Å². The molecule has 0 bridgehead atoms. The van der Waals surface area contributed by atoms with E-state index in [1.54, 1.807) is 0 Å². The summed E-state index contributed by atoms with van der Waals surface area (Å²) >= 11 is 0. The van der Waals surface area contributed by atoms with E-state index in [4.69, 9.17) is 0 Å². The summed E-state index contributed by atoms with van der Waals surface area (Å²) in [6.07, 6.45) is 0.880. The Labute approximate surface area is 173 Å². The van der Waals surface area contributed by atoms with E-state index < -0.39 is 0 Å². The lowest BCUT2D eigenvalue weighted by Crippen LogP contribution is -2.49. The Balaban J connectivity index is 1.59. The van der Waals surface area contributed by atoms with Crippen LogP contribution in [0.1, 0.15) is 34.7 Å². The number of hydrogen-bond donors (Lipinski definition) is 1. The number of likely N-dealkylation sites (N-methyl/N-ethyl adjacent to an activating group) is 1. The zero-order valence-electron chi connectivity index (χ0n) is 18.1. The lowest BCUT2D eigenvalue weighted by Gasteiger charge is -2.33. The highest BCUT2D eigenvalue weighted by atomic mass is 16.2. The van der Waals surface area contributed by atoms with E-state index >= 15 is 0 Å². The molecule has 154 valence electrons. The van der Waals surface area contributed by atoms with Gasteiger partial charge in [-0.1, -0.05) is 42.0 Å². The number of carbonyl (C=O) groups excluding carboxylic acids is 2. The molecule has 5 nitrogen and oxygen atoms in total. The molecule has 1 unspecified atom stereocenters. The number of carbonyl (C=O) groups is 2. The predicted molar refractivity (Wildman–Crippen MR) is 117 cm³/mol. The Kier molecular flexibility index (Phi) is 6.38. The van der Waals surface area contributed by atoms with Crippen molar-refractivity contribution in [3.63, 3.8) is 0 Å². The van der Waals surface area contributed by atoms with Crippen molar-refractivity contribution in [1.29, 1.82) is 0 Å². The summed E-state index contributed by atoms with van der Waals surface area (Å²) in [7, 11) is 1.83. The predicted octanol–water partition coefficient (Wildman–Crippen LogP) is 3.46. The second-order valence-electron chi connectivity index (χ2n) is 8.19. The van der Waals surface area contributed by atoms with E-state index in [1.807, 2.05) is 56.7 Å². The van der Waals surface area contributed by atoms with Crippen LogP contribution >= 0.6 is 0 Å². The van der Waals surface area contributed by atoms with Crippen molar-refractivity contribution in [1.82, 2.24) is 9.80 Å². The van der Waals surface area contributed by atoms with Gasteiger partial charge in [0.25, 0.3) is 0 Å². The third kappa shape index (κ3) is 4.85. The molecule has 29 heavy (non-hydrogen) atoms. The van der Waals surface area contributed by atoms with Crippen molar-refractivity contribution in [3.8, 4) is 0 Å². The van der Waals surface area contributed by atoms with Crippen LogP contribution in [0, 0.1) is 20.8 Å². The first-order valence-electron chi connectivity index (χ1n) is 10.2. The van der Waals surface area contributed by atoms with Crippen molar-refractivity contribution in [2.24, 2.45) is 0 Å². The average molecular weight is 394 g/mol. The lowest BCUT2D eigenvalue weighted by atomic mass is 9.99. The van der Waals surface area contributed by atoms with Gasteiger partial charge in [0.05, 0.1) is 12.6 Å². The zero-order valence-corrected chi connectivity index (χ0v) is 18.1. The molecule has 0 spiro atoms. The highest BCUT2D eigenvalue weighted by Crippen LogP contribution is 2.22. The minimum absolute atomic E-state index is 0.0671. The van der Waals surface area contributed by atoms with Gasteiger partial charge >= 0.3 is 0 Å². The summed E-state index contributed by atoms with van der Waals surface area (Å²) in [6.45, 7) is 9.46. The topological polar surface area (TPSA) is 52.7 Å². The van der Waals surface area contributed by atoms with Gasteiger partial charge in [-0.25, -0.2) is 0 Å². The molecule has 1 atom stereocenters. The third-order valence-electron chi connectivity index (χ3n) is 5.80. The van der Waals surface area contributed by atoms with Crippen LogP contribution in [-0.2, 0) is 22.6 Å². The SMILES string of the molecule is Cc1cc(C)c(NC(=O)CN(C)C(C)C(=O)N2CCc3ccccc3C2)c(C)c1. The fourth-order valence-corrected chi connectivity index (χ4v) is 4.06. The molecular weight excluding hydrogens is 362 g/mol. The van der Waals surface area contributed by atoms with Gasteiger partial charge in [0, 0.05) is 18.8 Å². The normalized spacial score (nSPS) is 14.5. The molecule has 1 aliphatic heterocycles. The van der Waals surface area contributed by atoms with Crippen molar-refractivity contribution < 1.29 is 9.59 Å². The van der Waals surface area contributed by atoms with E-state index in [-0.39, 0.29) is 24.4 Å². The summed E-state index contributed by atoms with van der Waals surface area (Å²) in [5.41, 5.74) is 6.67. The molecule has 0 aromatic heterocycles. The van der Waals surface area contributed by atoms with E-state index in [0.717, 1.165) is 29.8 Å². The summed E-state index contributed by atoms with van der Waals surface area (Å²) < 4.78 is 0. The van der Waals surface area contributed by atoms with Crippen LogP contribution in [0.4, 0.5) is 5.69 Å². The molecule has 3 rings (SSSR count). The molecule has 2 aromatic carbocycles. The van der Waals surface area contributed by atoms with Gasteiger partial charge in [0.2, 0.25) is 11.8 Å². The maximum absolute atomic E-state index is 13.0. The van der Waals surface area contributed by atoms with E-state index in [1.165, 1.54) is 16.7 Å². The third-order valence-corrected chi connectivity index (χ3v) is 5.80. The van der Waals surface area contributed by atoms with Crippen LogP contribution < -0.4 is 5.32 Å². The fraction of sp³-hybridized carbons (Fsp3) is 0.417. The Morgan fingerprint density at radius 2 is 1.72 bits per heavy atom. The molecule has 1 N–H and O–H groups in total. The highest BCUT2D eigenvalue weighted by molar-refractivity contribution is 5.94. The molecule has 0 saturated carbocycles. The molecule has 2 amide bonds. The van der Waals surface area contributed by atoms with Crippen LogP contribution in [-0.4, -0.2) is 47.8 Å². The minimum atomic E-state index is -0.355. The zero-order chi connectivity index (χ0) is 21.1. The van der Waals surface area contributed by atoms with Gasteiger partial charge in [-0.15, -0.1) is 0 Å². The van der Waals surface area contributed by atoms with Gasteiger partial charge in [0.1, 0.15) is 0 Å². The standard InChI is InChI=1S/C24H31N3O2/c1-16-12-17(2)23(18(3)13-16)25-22(28)15-26(5)19(4)24(29)27-11-10-20-8-6-7-9-21(20)14-27/h6-9,12-13,19H,10-11,14-15H2,1-5H3,(H,25,28). The molecule has 0 fully saturated rings. The molecule has 0 aliphatic carbocycles. The van der Waals surface area contributed by atoms with Gasteiger partial charge in [-0.05, 0) is 63.4 Å². The van der Waals surface area contributed by atoms with Crippen molar-refractivity contribution in [2.45, 2.75) is 46.7 Å². The summed E-state index contributed by atoms with van der Waals surface area (Å²) in [5, 5.41) is 3.02.